The van der Waals surface area contributed by atoms with Crippen molar-refractivity contribution in [1.82, 2.24) is 15.5 Å². The van der Waals surface area contributed by atoms with E-state index in [0.29, 0.717) is 18.3 Å². The molecule has 1 fully saturated rings. The fourth-order valence-electron chi connectivity index (χ4n) is 2.21. The van der Waals surface area contributed by atoms with E-state index < -0.39 is 0 Å². The Balaban J connectivity index is 1.48. The molecule has 1 aromatic heterocycles. The normalized spacial score (nSPS) is 13.4. The fourth-order valence-corrected chi connectivity index (χ4v) is 2.21. The number of hydrogen-bond acceptors (Lipinski definition) is 5. The van der Waals surface area contributed by atoms with Crippen molar-refractivity contribution in [3.8, 4) is 5.75 Å². The van der Waals surface area contributed by atoms with E-state index in [1.54, 1.807) is 19.2 Å². The predicted octanol–water partition coefficient (Wildman–Crippen LogP) is 2.03. The maximum atomic E-state index is 12.0. The lowest BCUT2D eigenvalue weighted by Gasteiger charge is -2.07. The number of nitrogens with zero attached hydrogens (tertiary/aromatic N) is 2. The number of benzene rings is 1. The van der Waals surface area contributed by atoms with Crippen LogP contribution < -0.4 is 15.4 Å². The number of carbonyl (C=O) groups excluding carboxylic acids is 1. The first-order valence-corrected chi connectivity index (χ1v) is 7.76. The number of aromatic nitrogens is 2. The van der Waals surface area contributed by atoms with Crippen molar-refractivity contribution in [2.24, 2.45) is 0 Å². The highest BCUT2D eigenvalue weighted by molar-refractivity contribution is 5.92. The number of anilines is 1. The van der Waals surface area contributed by atoms with Gasteiger partial charge >= 0.3 is 0 Å². The molecule has 0 radical (unpaired) electrons. The number of amides is 1. The zero-order valence-corrected chi connectivity index (χ0v) is 13.1. The largest absolute Gasteiger partial charge is 0.497 e. The molecule has 1 aliphatic rings. The molecule has 1 aliphatic carbocycles. The van der Waals surface area contributed by atoms with E-state index in [1.165, 1.54) is 12.8 Å². The zero-order chi connectivity index (χ0) is 16.1. The zero-order valence-electron chi connectivity index (χ0n) is 13.1. The minimum absolute atomic E-state index is 0.210. The van der Waals surface area contributed by atoms with Crippen LogP contribution in [0.25, 0.3) is 0 Å². The first-order chi connectivity index (χ1) is 11.2. The summed E-state index contributed by atoms with van der Waals surface area (Å²) in [5.41, 5.74) is 1.44. The molecule has 0 saturated heterocycles. The van der Waals surface area contributed by atoms with Crippen LogP contribution in [-0.4, -0.2) is 35.8 Å². The highest BCUT2D eigenvalue weighted by Gasteiger charge is 2.21. The van der Waals surface area contributed by atoms with Gasteiger partial charge in [-0.25, -0.2) is 0 Å². The molecule has 0 bridgehead atoms. The minimum Gasteiger partial charge on any atom is -0.497 e. The summed E-state index contributed by atoms with van der Waals surface area (Å²) in [6, 6.07) is 11.8. The third-order valence-electron chi connectivity index (χ3n) is 3.66. The van der Waals surface area contributed by atoms with Crippen LogP contribution in [0.2, 0.25) is 0 Å². The smallest absolute Gasteiger partial charge is 0.271 e. The molecule has 0 aliphatic heterocycles. The number of nitrogens with one attached hydrogen (secondary N) is 2. The van der Waals surface area contributed by atoms with E-state index in [2.05, 4.69) is 20.8 Å². The minimum atomic E-state index is -0.210. The van der Waals surface area contributed by atoms with Crippen LogP contribution in [0, 0.1) is 0 Å². The maximum Gasteiger partial charge on any atom is 0.271 e. The fraction of sp³-hybridized carbons (Fsp3) is 0.353. The van der Waals surface area contributed by atoms with E-state index in [4.69, 9.17) is 4.74 Å². The molecule has 1 aromatic carbocycles. The van der Waals surface area contributed by atoms with Crippen LogP contribution in [0.15, 0.2) is 36.4 Å². The Hall–Kier alpha value is -2.63. The molecule has 6 nitrogen and oxygen atoms in total. The summed E-state index contributed by atoms with van der Waals surface area (Å²) in [5.74, 6) is 1.33. The Kier molecular flexibility index (Phi) is 4.71. The van der Waals surface area contributed by atoms with Crippen molar-refractivity contribution in [2.75, 3.05) is 19.0 Å². The lowest BCUT2D eigenvalue weighted by Crippen LogP contribution is -2.26. The van der Waals surface area contributed by atoms with E-state index in [9.17, 15) is 4.79 Å². The highest BCUT2D eigenvalue weighted by Crippen LogP contribution is 2.23. The van der Waals surface area contributed by atoms with E-state index in [-0.39, 0.29) is 5.91 Å². The monoisotopic (exact) mass is 312 g/mol. The molecule has 3 rings (SSSR count). The lowest BCUT2D eigenvalue weighted by atomic mass is 10.1. The molecule has 6 heteroatoms. The molecule has 2 aromatic rings. The topological polar surface area (TPSA) is 76.1 Å². The molecule has 0 spiro atoms. The summed E-state index contributed by atoms with van der Waals surface area (Å²) in [5, 5.41) is 14.1. The molecule has 1 saturated carbocycles. The third kappa shape index (κ3) is 4.42. The van der Waals surface area contributed by atoms with Gasteiger partial charge in [0.25, 0.3) is 5.91 Å². The van der Waals surface area contributed by atoms with Crippen molar-refractivity contribution in [1.29, 1.82) is 0 Å². The van der Waals surface area contributed by atoms with Crippen molar-refractivity contribution >= 4 is 11.7 Å². The number of methoxy groups -OCH3 is 1. The standard InChI is InChI=1S/C17H20N4O2/c1-23-14-4-2-3-12(11-14)9-10-18-17(22)15-7-8-16(21-20-15)19-13-5-6-13/h2-4,7-8,11,13H,5-6,9-10H2,1H3,(H,18,22)(H,19,21). The molecule has 0 unspecified atom stereocenters. The van der Waals surface area contributed by atoms with Gasteiger partial charge in [-0.1, -0.05) is 12.1 Å². The Bertz CT molecular complexity index is 669. The Morgan fingerprint density at radius 3 is 2.83 bits per heavy atom. The van der Waals surface area contributed by atoms with Crippen molar-refractivity contribution in [3.05, 3.63) is 47.7 Å². The molecular weight excluding hydrogens is 292 g/mol. The number of hydrogen-bond donors (Lipinski definition) is 2. The molecule has 23 heavy (non-hydrogen) atoms. The average molecular weight is 312 g/mol. The quantitative estimate of drug-likeness (QED) is 0.818. The van der Waals surface area contributed by atoms with Crippen molar-refractivity contribution in [2.45, 2.75) is 25.3 Å². The summed E-state index contributed by atoms with van der Waals surface area (Å²) in [6.45, 7) is 0.537. The molecule has 2 N–H and O–H groups in total. The van der Waals surface area contributed by atoms with Gasteiger partial charge in [0.05, 0.1) is 7.11 Å². The van der Waals surface area contributed by atoms with Crippen LogP contribution in [-0.2, 0) is 6.42 Å². The third-order valence-corrected chi connectivity index (χ3v) is 3.66. The van der Waals surface area contributed by atoms with Gasteiger partial charge in [0.1, 0.15) is 11.6 Å². The van der Waals surface area contributed by atoms with Gasteiger partial charge in [-0.05, 0) is 49.1 Å². The number of carbonyl (C=O) groups is 1. The van der Waals surface area contributed by atoms with Gasteiger partial charge in [0, 0.05) is 12.6 Å². The second-order valence-corrected chi connectivity index (χ2v) is 5.58. The van der Waals surface area contributed by atoms with Crippen LogP contribution in [0.1, 0.15) is 28.9 Å². The van der Waals surface area contributed by atoms with Crippen LogP contribution in [0.5, 0.6) is 5.75 Å². The molecule has 120 valence electrons. The van der Waals surface area contributed by atoms with E-state index >= 15 is 0 Å². The van der Waals surface area contributed by atoms with Gasteiger partial charge in [0.2, 0.25) is 0 Å². The molecule has 1 amide bonds. The van der Waals surface area contributed by atoms with Crippen molar-refractivity contribution in [3.63, 3.8) is 0 Å². The van der Waals surface area contributed by atoms with Gasteiger partial charge in [-0.3, -0.25) is 4.79 Å². The highest BCUT2D eigenvalue weighted by atomic mass is 16.5. The second-order valence-electron chi connectivity index (χ2n) is 5.58. The van der Waals surface area contributed by atoms with Crippen LogP contribution >= 0.6 is 0 Å². The maximum absolute atomic E-state index is 12.0. The van der Waals surface area contributed by atoms with Gasteiger partial charge < -0.3 is 15.4 Å². The van der Waals surface area contributed by atoms with Crippen LogP contribution in [0.4, 0.5) is 5.82 Å². The Morgan fingerprint density at radius 1 is 1.26 bits per heavy atom. The van der Waals surface area contributed by atoms with E-state index in [1.807, 2.05) is 24.3 Å². The van der Waals surface area contributed by atoms with Gasteiger partial charge in [0.15, 0.2) is 5.69 Å². The second kappa shape index (κ2) is 7.09. The summed E-state index contributed by atoms with van der Waals surface area (Å²) in [6.07, 6.45) is 3.08. The molecule has 0 atom stereocenters. The molecular formula is C17H20N4O2. The SMILES string of the molecule is COc1cccc(CCNC(=O)c2ccc(NC3CC3)nn2)c1. The predicted molar refractivity (Wildman–Crippen MR) is 87.7 cm³/mol. The summed E-state index contributed by atoms with van der Waals surface area (Å²) in [4.78, 5) is 12.0. The number of ether oxygens (including phenoxy) is 1. The Labute approximate surface area is 135 Å². The van der Waals surface area contributed by atoms with Gasteiger partial charge in [-0.2, -0.15) is 0 Å². The first-order valence-electron chi connectivity index (χ1n) is 7.76. The van der Waals surface area contributed by atoms with Crippen LogP contribution in [0.3, 0.4) is 0 Å². The summed E-state index contributed by atoms with van der Waals surface area (Å²) in [7, 11) is 1.64. The van der Waals surface area contributed by atoms with E-state index in [0.717, 1.165) is 23.6 Å². The van der Waals surface area contributed by atoms with Gasteiger partial charge in [-0.15, -0.1) is 10.2 Å². The van der Waals surface area contributed by atoms with Crippen molar-refractivity contribution < 1.29 is 9.53 Å². The first kappa shape index (κ1) is 15.3. The average Bonchev–Trinajstić information content (AvgIpc) is 3.39. The number of rotatable bonds is 7. The summed E-state index contributed by atoms with van der Waals surface area (Å²) >= 11 is 0. The summed E-state index contributed by atoms with van der Waals surface area (Å²) < 4.78 is 5.18. The molecule has 1 heterocycles. The Morgan fingerprint density at radius 2 is 2.13 bits per heavy atom. The lowest BCUT2D eigenvalue weighted by molar-refractivity contribution is 0.0948.